The molecule has 0 spiro atoms. The third-order valence-corrected chi connectivity index (χ3v) is 2.20. The lowest BCUT2D eigenvalue weighted by Gasteiger charge is -2.34. The largest absolute Gasteiger partial charge is 0.444 e. The predicted molar refractivity (Wildman–Crippen MR) is 62.1 cm³/mol. The van der Waals surface area contributed by atoms with Crippen LogP contribution >= 0.6 is 0 Å². The molecule has 92 valence electrons. The van der Waals surface area contributed by atoms with Crippen molar-refractivity contribution in [2.75, 3.05) is 26.2 Å². The first-order chi connectivity index (χ1) is 7.42. The number of rotatable bonds is 1. The Balaban J connectivity index is 2.39. The van der Waals surface area contributed by atoms with Crippen LogP contribution in [0.3, 0.4) is 0 Å². The molecule has 1 fully saturated rings. The molecule has 0 unspecified atom stereocenters. The molecule has 0 bridgehead atoms. The standard InChI is InChI=1S/C10H20N4O2/c1-10(2,3)16-9(15)14-6-4-13(5-7-14)8-12-11/h8H,4-7,11H2,1-3H3/b12-8+. The highest BCUT2D eigenvalue weighted by molar-refractivity contribution is 5.68. The summed E-state index contributed by atoms with van der Waals surface area (Å²) in [7, 11) is 0. The maximum absolute atomic E-state index is 11.7. The molecule has 1 heterocycles. The van der Waals surface area contributed by atoms with Gasteiger partial charge in [-0.3, -0.25) is 0 Å². The van der Waals surface area contributed by atoms with E-state index in [1.165, 1.54) is 0 Å². The molecule has 0 aromatic rings. The Morgan fingerprint density at radius 3 is 2.31 bits per heavy atom. The smallest absolute Gasteiger partial charge is 0.410 e. The molecule has 6 nitrogen and oxygen atoms in total. The van der Waals surface area contributed by atoms with E-state index in [1.807, 2.05) is 25.7 Å². The van der Waals surface area contributed by atoms with E-state index in [9.17, 15) is 4.79 Å². The van der Waals surface area contributed by atoms with Crippen LogP contribution in [0.25, 0.3) is 0 Å². The van der Waals surface area contributed by atoms with E-state index >= 15 is 0 Å². The molecule has 0 aliphatic carbocycles. The van der Waals surface area contributed by atoms with E-state index in [-0.39, 0.29) is 6.09 Å². The molecule has 1 aliphatic rings. The van der Waals surface area contributed by atoms with E-state index in [2.05, 4.69) is 5.10 Å². The Bertz CT molecular complexity index is 264. The van der Waals surface area contributed by atoms with Crippen molar-refractivity contribution >= 4 is 12.4 Å². The predicted octanol–water partition coefficient (Wildman–Crippen LogP) is 0.441. The lowest BCUT2D eigenvalue weighted by molar-refractivity contribution is 0.0189. The zero-order valence-electron chi connectivity index (χ0n) is 10.1. The number of hydrogen-bond donors (Lipinski definition) is 1. The van der Waals surface area contributed by atoms with Gasteiger partial charge in [0.1, 0.15) is 11.9 Å². The Labute approximate surface area is 96.0 Å². The quantitative estimate of drug-likeness (QED) is 0.306. The normalized spacial score (nSPS) is 17.9. The number of amides is 1. The van der Waals surface area contributed by atoms with Gasteiger partial charge in [0.25, 0.3) is 0 Å². The number of carbonyl (C=O) groups excluding carboxylic acids is 1. The van der Waals surface area contributed by atoms with E-state index in [4.69, 9.17) is 10.6 Å². The second-order valence-corrected chi connectivity index (χ2v) is 4.77. The summed E-state index contributed by atoms with van der Waals surface area (Å²) in [6.45, 7) is 8.34. The molecule has 2 N–H and O–H groups in total. The van der Waals surface area contributed by atoms with E-state index in [0.717, 1.165) is 13.1 Å². The minimum atomic E-state index is -0.438. The van der Waals surface area contributed by atoms with Crippen LogP contribution in [-0.2, 0) is 4.74 Å². The minimum absolute atomic E-state index is 0.253. The molecule has 0 atom stereocenters. The van der Waals surface area contributed by atoms with Crippen LogP contribution in [0.2, 0.25) is 0 Å². The highest BCUT2D eigenvalue weighted by atomic mass is 16.6. The van der Waals surface area contributed by atoms with Crippen LogP contribution in [0.15, 0.2) is 5.10 Å². The van der Waals surface area contributed by atoms with Crippen molar-refractivity contribution in [3.8, 4) is 0 Å². The van der Waals surface area contributed by atoms with E-state index in [1.54, 1.807) is 11.2 Å². The molecule has 1 aliphatic heterocycles. The molecule has 0 saturated carbocycles. The molecule has 0 aromatic carbocycles. The second-order valence-electron chi connectivity index (χ2n) is 4.77. The number of hydrogen-bond acceptors (Lipinski definition) is 4. The van der Waals surface area contributed by atoms with Gasteiger partial charge in [-0.05, 0) is 20.8 Å². The summed E-state index contributed by atoms with van der Waals surface area (Å²) in [5.74, 6) is 5.06. The molecule has 1 amide bonds. The molecule has 1 saturated heterocycles. The van der Waals surface area contributed by atoms with E-state index < -0.39 is 5.60 Å². The van der Waals surface area contributed by atoms with Gasteiger partial charge in [0.05, 0.1) is 0 Å². The Hall–Kier alpha value is -1.46. The van der Waals surface area contributed by atoms with Gasteiger partial charge in [-0.2, -0.15) is 5.10 Å². The van der Waals surface area contributed by atoms with E-state index in [0.29, 0.717) is 13.1 Å². The second kappa shape index (κ2) is 5.05. The summed E-state index contributed by atoms with van der Waals surface area (Å²) in [5, 5.41) is 3.45. The fourth-order valence-electron chi connectivity index (χ4n) is 1.44. The van der Waals surface area contributed by atoms with Crippen LogP contribution in [0.4, 0.5) is 4.79 Å². The topological polar surface area (TPSA) is 71.2 Å². The van der Waals surface area contributed by atoms with Crippen molar-refractivity contribution in [3.63, 3.8) is 0 Å². The van der Waals surface area contributed by atoms with Gasteiger partial charge < -0.3 is 20.4 Å². The summed E-state index contributed by atoms with van der Waals surface area (Å²) in [5.41, 5.74) is -0.438. The van der Waals surface area contributed by atoms with Crippen molar-refractivity contribution in [1.29, 1.82) is 0 Å². The lowest BCUT2D eigenvalue weighted by Crippen LogP contribution is -2.49. The molecule has 16 heavy (non-hydrogen) atoms. The van der Waals surface area contributed by atoms with Gasteiger partial charge in [0, 0.05) is 26.2 Å². The van der Waals surface area contributed by atoms with Gasteiger partial charge in [-0.25, -0.2) is 4.79 Å². The fraction of sp³-hybridized carbons (Fsp3) is 0.800. The lowest BCUT2D eigenvalue weighted by atomic mass is 10.2. The van der Waals surface area contributed by atoms with Gasteiger partial charge in [-0.1, -0.05) is 0 Å². The monoisotopic (exact) mass is 228 g/mol. The summed E-state index contributed by atoms with van der Waals surface area (Å²) in [6.07, 6.45) is 1.34. The molecule has 6 heteroatoms. The van der Waals surface area contributed by atoms with Crippen molar-refractivity contribution < 1.29 is 9.53 Å². The highest BCUT2D eigenvalue weighted by Gasteiger charge is 2.24. The Morgan fingerprint density at radius 1 is 1.31 bits per heavy atom. The zero-order chi connectivity index (χ0) is 12.2. The van der Waals surface area contributed by atoms with Crippen LogP contribution < -0.4 is 5.84 Å². The first kappa shape index (κ1) is 12.6. The summed E-state index contributed by atoms with van der Waals surface area (Å²) < 4.78 is 5.28. The average Bonchev–Trinajstić information content (AvgIpc) is 2.16. The SMILES string of the molecule is CC(C)(C)OC(=O)N1CCN(/C=N/N)CC1. The molecular weight excluding hydrogens is 208 g/mol. The number of ether oxygens (including phenoxy) is 1. The van der Waals surface area contributed by atoms with Crippen molar-refractivity contribution in [3.05, 3.63) is 0 Å². The number of piperazine rings is 1. The van der Waals surface area contributed by atoms with Gasteiger partial charge in [0.15, 0.2) is 0 Å². The van der Waals surface area contributed by atoms with Crippen molar-refractivity contribution in [2.45, 2.75) is 26.4 Å². The van der Waals surface area contributed by atoms with Crippen molar-refractivity contribution in [1.82, 2.24) is 9.80 Å². The fourth-order valence-corrected chi connectivity index (χ4v) is 1.44. The number of carbonyl (C=O) groups is 1. The summed E-state index contributed by atoms with van der Waals surface area (Å²) in [6, 6.07) is 0. The van der Waals surface area contributed by atoms with Crippen LogP contribution in [0.5, 0.6) is 0 Å². The number of hydrazone groups is 1. The van der Waals surface area contributed by atoms with Gasteiger partial charge >= 0.3 is 6.09 Å². The zero-order valence-corrected chi connectivity index (χ0v) is 10.1. The summed E-state index contributed by atoms with van der Waals surface area (Å²) in [4.78, 5) is 15.4. The molecular formula is C10H20N4O2. The first-order valence-corrected chi connectivity index (χ1v) is 5.38. The summed E-state index contributed by atoms with van der Waals surface area (Å²) >= 11 is 0. The molecule has 0 radical (unpaired) electrons. The minimum Gasteiger partial charge on any atom is -0.444 e. The number of nitrogens with two attached hydrogens (primary N) is 1. The third-order valence-electron chi connectivity index (χ3n) is 2.20. The third kappa shape index (κ3) is 3.96. The Morgan fingerprint density at radius 2 is 1.88 bits per heavy atom. The number of nitrogens with zero attached hydrogens (tertiary/aromatic N) is 3. The maximum Gasteiger partial charge on any atom is 0.410 e. The highest BCUT2D eigenvalue weighted by Crippen LogP contribution is 2.11. The van der Waals surface area contributed by atoms with Gasteiger partial charge in [0.2, 0.25) is 0 Å². The molecule has 0 aromatic heterocycles. The Kier molecular flexibility index (Phi) is 3.98. The van der Waals surface area contributed by atoms with Crippen molar-refractivity contribution in [2.24, 2.45) is 10.9 Å². The van der Waals surface area contributed by atoms with Crippen LogP contribution in [-0.4, -0.2) is 54.0 Å². The average molecular weight is 228 g/mol. The first-order valence-electron chi connectivity index (χ1n) is 5.38. The molecule has 1 rings (SSSR count). The van der Waals surface area contributed by atoms with Gasteiger partial charge in [-0.15, -0.1) is 0 Å². The maximum atomic E-state index is 11.7. The van der Waals surface area contributed by atoms with Crippen LogP contribution in [0, 0.1) is 0 Å². The van der Waals surface area contributed by atoms with Crippen LogP contribution in [0.1, 0.15) is 20.8 Å².